The summed E-state index contributed by atoms with van der Waals surface area (Å²) in [5.74, 6) is 0.0245. The smallest absolute Gasteiger partial charge is 0.262 e. The summed E-state index contributed by atoms with van der Waals surface area (Å²) in [6, 6.07) is 49.7. The van der Waals surface area contributed by atoms with Crippen LogP contribution in [0.4, 0.5) is 11.4 Å². The minimum Gasteiger partial charge on any atom is -0.748 e. The zero-order chi connectivity index (χ0) is 35.9. The molecule has 1 aromatic heterocycles. The van der Waals surface area contributed by atoms with Crippen LogP contribution >= 0.6 is 11.3 Å². The van der Waals surface area contributed by atoms with Gasteiger partial charge in [0.15, 0.2) is 6.54 Å². The Morgan fingerprint density at radius 3 is 2.21 bits per heavy atom. The molecule has 1 aliphatic carbocycles. The van der Waals surface area contributed by atoms with Crippen molar-refractivity contribution in [3.8, 4) is 0 Å². The number of benzene rings is 6. The quantitative estimate of drug-likeness (QED) is 0.0843. The molecule has 0 bridgehead atoms. The Labute approximate surface area is 314 Å². The first kappa shape index (κ1) is 33.5. The Kier molecular flexibility index (Phi) is 8.78. The number of thiazole rings is 1. The molecule has 7 aromatic rings. The van der Waals surface area contributed by atoms with Gasteiger partial charge in [-0.25, -0.2) is 8.42 Å². The van der Waals surface area contributed by atoms with Crippen molar-refractivity contribution in [2.45, 2.75) is 37.8 Å². The molecule has 9 rings (SSSR count). The molecule has 53 heavy (non-hydrogen) atoms. The lowest BCUT2D eigenvalue weighted by Crippen LogP contribution is -2.38. The van der Waals surface area contributed by atoms with Crippen molar-refractivity contribution in [2.24, 2.45) is 0 Å². The first-order valence-electron chi connectivity index (χ1n) is 18.2. The zero-order valence-corrected chi connectivity index (χ0v) is 30.8. The molecule has 2 unspecified atom stereocenters. The Morgan fingerprint density at radius 2 is 1.47 bits per heavy atom. The van der Waals surface area contributed by atoms with Gasteiger partial charge in [-0.1, -0.05) is 121 Å². The molecule has 2 heterocycles. The van der Waals surface area contributed by atoms with E-state index in [1.807, 2.05) is 22.8 Å². The van der Waals surface area contributed by atoms with Gasteiger partial charge in [0.05, 0.1) is 5.75 Å². The van der Waals surface area contributed by atoms with E-state index < -0.39 is 15.9 Å². The van der Waals surface area contributed by atoms with Gasteiger partial charge in [-0.3, -0.25) is 0 Å². The van der Waals surface area contributed by atoms with E-state index in [1.54, 1.807) is 11.3 Å². The first-order valence-corrected chi connectivity index (χ1v) is 20.6. The van der Waals surface area contributed by atoms with Crippen molar-refractivity contribution in [2.75, 3.05) is 10.7 Å². The molecule has 0 radical (unpaired) electrons. The zero-order valence-electron chi connectivity index (χ0n) is 29.1. The van der Waals surface area contributed by atoms with Crippen LogP contribution in [0.3, 0.4) is 0 Å². The molecule has 0 saturated heterocycles. The molecule has 2 aliphatic rings. The fourth-order valence-corrected chi connectivity index (χ4v) is 9.97. The van der Waals surface area contributed by atoms with E-state index >= 15 is 0 Å². The molecule has 0 amide bonds. The summed E-state index contributed by atoms with van der Waals surface area (Å²) in [5.41, 5.74) is 10.7. The summed E-state index contributed by atoms with van der Waals surface area (Å²) in [5, 5.41) is 3.16. The Bertz CT molecular complexity index is 2590. The van der Waals surface area contributed by atoms with Crippen molar-refractivity contribution in [3.05, 3.63) is 172 Å². The van der Waals surface area contributed by atoms with Gasteiger partial charge in [0.2, 0.25) is 5.52 Å². The average molecular weight is 731 g/mol. The van der Waals surface area contributed by atoms with E-state index in [1.165, 1.54) is 52.0 Å². The predicted molar refractivity (Wildman–Crippen MR) is 218 cm³/mol. The summed E-state index contributed by atoms with van der Waals surface area (Å²) >= 11 is 1.63. The summed E-state index contributed by atoms with van der Waals surface area (Å²) in [6.45, 7) is 0.112. The van der Waals surface area contributed by atoms with Crippen LogP contribution in [0.5, 0.6) is 0 Å². The molecule has 1 aliphatic heterocycles. The number of hydrogen-bond donors (Lipinski definition) is 0. The van der Waals surface area contributed by atoms with Gasteiger partial charge in [0, 0.05) is 40.9 Å². The monoisotopic (exact) mass is 730 g/mol. The van der Waals surface area contributed by atoms with E-state index in [4.69, 9.17) is 0 Å². The van der Waals surface area contributed by atoms with Crippen LogP contribution < -0.4 is 9.47 Å². The summed E-state index contributed by atoms with van der Waals surface area (Å²) in [6.07, 6.45) is 10.0. The lowest BCUT2D eigenvalue weighted by Gasteiger charge is -2.27. The molecule has 1 saturated carbocycles. The van der Waals surface area contributed by atoms with Crippen LogP contribution in [0.25, 0.3) is 44.8 Å². The second kappa shape index (κ2) is 13.9. The van der Waals surface area contributed by atoms with Gasteiger partial charge in [0.1, 0.15) is 14.8 Å². The predicted octanol–water partition coefficient (Wildman–Crippen LogP) is 10.4. The molecule has 6 aromatic carbocycles. The van der Waals surface area contributed by atoms with Gasteiger partial charge in [0.25, 0.3) is 5.01 Å². The van der Waals surface area contributed by atoms with Crippen LogP contribution in [-0.2, 0) is 16.7 Å². The normalized spacial score (nSPS) is 16.7. The Balaban J connectivity index is 1.03. The Hall–Kier alpha value is -5.34. The van der Waals surface area contributed by atoms with Crippen molar-refractivity contribution in [1.29, 1.82) is 0 Å². The number of nitrogens with zero attached hydrogens (tertiary/aromatic N) is 2. The number of fused-ring (bicyclic) bond motifs is 6. The highest BCUT2D eigenvalue weighted by molar-refractivity contribution is 7.85. The van der Waals surface area contributed by atoms with E-state index in [9.17, 15) is 13.0 Å². The molecule has 0 N–H and O–H groups in total. The van der Waals surface area contributed by atoms with Crippen molar-refractivity contribution >= 4 is 77.6 Å². The van der Waals surface area contributed by atoms with Crippen LogP contribution in [0.15, 0.2) is 140 Å². The average Bonchev–Trinajstić information content (AvgIpc) is 3.89. The third-order valence-electron chi connectivity index (χ3n) is 10.8. The van der Waals surface area contributed by atoms with Crippen molar-refractivity contribution in [1.82, 2.24) is 0 Å². The molecule has 7 heteroatoms. The molecule has 262 valence electrons. The second-order valence-electron chi connectivity index (χ2n) is 14.0. The Morgan fingerprint density at radius 1 is 0.774 bits per heavy atom. The maximum absolute atomic E-state index is 11.7. The fraction of sp³-hybridized carbons (Fsp3) is 0.152. The third-order valence-corrected chi connectivity index (χ3v) is 12.7. The maximum atomic E-state index is 11.7. The standard InChI is InChI=1S/C46H38N2O3S2/c49-53(50,51)29-28-47-44-26-22-36-14-7-8-15-38(36)46(44)52-45(47)27-21-33-20-25-43-41(31-33)39-16-9-17-42(39)48(43)37-23-18-32(19-24-37)30-40(34-10-3-1-4-11-34)35-12-5-2-6-13-35/h1-8,10-15,18-27,30-31,39,42H,9,16-17,28-29H2. The molecular weight excluding hydrogens is 693 g/mol. The van der Waals surface area contributed by atoms with E-state index in [0.29, 0.717) is 12.0 Å². The van der Waals surface area contributed by atoms with Gasteiger partial charge in [-0.15, -0.1) is 0 Å². The van der Waals surface area contributed by atoms with Crippen molar-refractivity contribution < 1.29 is 17.5 Å². The molecule has 1 fully saturated rings. The van der Waals surface area contributed by atoms with Crippen LogP contribution in [0, 0.1) is 0 Å². The van der Waals surface area contributed by atoms with E-state index in [-0.39, 0.29) is 6.54 Å². The van der Waals surface area contributed by atoms with Crippen LogP contribution in [0.1, 0.15) is 58.0 Å². The van der Waals surface area contributed by atoms with Gasteiger partial charge < -0.3 is 9.45 Å². The summed E-state index contributed by atoms with van der Waals surface area (Å²) in [7, 11) is -4.37. The topological polar surface area (TPSA) is 64.3 Å². The summed E-state index contributed by atoms with van der Waals surface area (Å²) < 4.78 is 38.1. The molecular formula is C46H38N2O3S2. The SMILES string of the molecule is O=S(=O)([O-])CC[n+]1c(/C=C/c2ccc3c(c2)C2CCCC2N3c2ccc(C=C(c3ccccc3)c3ccccc3)cc2)sc2c3ccccc3ccc21. The minimum absolute atomic E-state index is 0.112. The second-order valence-corrected chi connectivity index (χ2v) is 16.6. The molecule has 0 spiro atoms. The van der Waals surface area contributed by atoms with Crippen LogP contribution in [0.2, 0.25) is 0 Å². The van der Waals surface area contributed by atoms with Gasteiger partial charge in [-0.05, 0) is 94.1 Å². The van der Waals surface area contributed by atoms with E-state index in [0.717, 1.165) is 38.0 Å². The molecule has 2 atom stereocenters. The highest BCUT2D eigenvalue weighted by atomic mass is 32.2. The van der Waals surface area contributed by atoms with Gasteiger partial charge in [-0.2, -0.15) is 4.57 Å². The number of anilines is 2. The van der Waals surface area contributed by atoms with E-state index in [2.05, 4.69) is 144 Å². The number of aromatic nitrogens is 1. The number of aryl methyl sites for hydroxylation is 1. The molecule has 5 nitrogen and oxygen atoms in total. The van der Waals surface area contributed by atoms with Crippen molar-refractivity contribution in [3.63, 3.8) is 0 Å². The maximum Gasteiger partial charge on any atom is 0.262 e. The summed E-state index contributed by atoms with van der Waals surface area (Å²) in [4.78, 5) is 2.55. The minimum atomic E-state index is -4.37. The third kappa shape index (κ3) is 6.61. The highest BCUT2D eigenvalue weighted by Gasteiger charge is 2.42. The lowest BCUT2D eigenvalue weighted by atomic mass is 9.95. The number of hydrogen-bond acceptors (Lipinski definition) is 5. The fourth-order valence-electron chi connectivity index (χ4n) is 8.34. The lowest BCUT2D eigenvalue weighted by molar-refractivity contribution is -0.664. The van der Waals surface area contributed by atoms with Crippen LogP contribution in [-0.4, -0.2) is 24.8 Å². The van der Waals surface area contributed by atoms with Gasteiger partial charge >= 0.3 is 0 Å². The largest absolute Gasteiger partial charge is 0.748 e. The highest BCUT2D eigenvalue weighted by Crippen LogP contribution is 2.52. The first-order chi connectivity index (χ1) is 25.9. The number of rotatable bonds is 9.